The van der Waals surface area contributed by atoms with E-state index < -0.39 is 24.5 Å². The lowest BCUT2D eigenvalue weighted by Gasteiger charge is -2.11. The molecule has 6 nitrogen and oxygen atoms in total. The van der Waals surface area contributed by atoms with Crippen molar-refractivity contribution in [2.45, 2.75) is 25.4 Å². The quantitative estimate of drug-likeness (QED) is 0.240. The highest BCUT2D eigenvalue weighted by Gasteiger charge is 2.25. The van der Waals surface area contributed by atoms with E-state index in [1.807, 2.05) is 0 Å². The minimum Gasteiger partial charge on any atom is -0.494 e. The van der Waals surface area contributed by atoms with Crippen molar-refractivity contribution in [3.8, 4) is 17.2 Å². The van der Waals surface area contributed by atoms with Gasteiger partial charge < -0.3 is 19.3 Å². The SMILES string of the molecule is COc1cc(C=CC(=O)O)ccc1OC(=O)c1ccc(OCCCCC(F)(F)F)cc1. The zero-order valence-corrected chi connectivity index (χ0v) is 16.6. The van der Waals surface area contributed by atoms with E-state index in [0.717, 1.165) is 6.08 Å². The number of rotatable bonds is 10. The van der Waals surface area contributed by atoms with E-state index >= 15 is 0 Å². The topological polar surface area (TPSA) is 82.1 Å². The Morgan fingerprint density at radius 3 is 2.35 bits per heavy atom. The number of esters is 1. The van der Waals surface area contributed by atoms with Crippen LogP contribution in [0.25, 0.3) is 6.08 Å². The third-order valence-corrected chi connectivity index (χ3v) is 4.02. The Morgan fingerprint density at radius 1 is 1.03 bits per heavy atom. The summed E-state index contributed by atoms with van der Waals surface area (Å²) in [7, 11) is 1.39. The molecule has 0 amide bonds. The third kappa shape index (κ3) is 8.41. The summed E-state index contributed by atoms with van der Waals surface area (Å²) in [6.45, 7) is 0.139. The highest BCUT2D eigenvalue weighted by molar-refractivity contribution is 5.91. The number of aliphatic carboxylic acids is 1. The molecule has 0 radical (unpaired) electrons. The van der Waals surface area contributed by atoms with E-state index in [0.29, 0.717) is 11.3 Å². The van der Waals surface area contributed by atoms with Gasteiger partial charge in [0.15, 0.2) is 11.5 Å². The molecule has 0 unspecified atom stereocenters. The smallest absolute Gasteiger partial charge is 0.389 e. The minimum absolute atomic E-state index is 0.0133. The Labute approximate surface area is 176 Å². The number of alkyl halides is 3. The van der Waals surface area contributed by atoms with Crippen LogP contribution in [0.4, 0.5) is 13.2 Å². The normalized spacial score (nSPS) is 11.4. The van der Waals surface area contributed by atoms with Gasteiger partial charge in [0.2, 0.25) is 0 Å². The van der Waals surface area contributed by atoms with E-state index in [4.69, 9.17) is 19.3 Å². The molecular formula is C22H21F3O6. The molecule has 0 saturated heterocycles. The number of ether oxygens (including phenoxy) is 3. The summed E-state index contributed by atoms with van der Waals surface area (Å²) in [6.07, 6.45) is -2.41. The standard InChI is InChI=1S/C22H21F3O6/c1-29-19-14-15(5-11-20(26)27)4-10-18(19)31-21(28)16-6-8-17(9-7-16)30-13-3-2-12-22(23,24)25/h4-11,14H,2-3,12-13H2,1H3,(H,26,27). The predicted octanol–water partition coefficient (Wildman–Crippen LogP) is 5.12. The molecule has 0 heterocycles. The lowest BCUT2D eigenvalue weighted by molar-refractivity contribution is -0.136. The highest BCUT2D eigenvalue weighted by atomic mass is 19.4. The van der Waals surface area contributed by atoms with Crippen molar-refractivity contribution < 1.29 is 42.1 Å². The first-order valence-corrected chi connectivity index (χ1v) is 9.29. The molecule has 0 bridgehead atoms. The fraction of sp³-hybridized carbons (Fsp3) is 0.273. The molecule has 1 N–H and O–H groups in total. The minimum atomic E-state index is -4.17. The van der Waals surface area contributed by atoms with Crippen LogP contribution >= 0.6 is 0 Å². The number of carboxylic acid groups (broad SMARTS) is 1. The maximum absolute atomic E-state index is 12.4. The van der Waals surface area contributed by atoms with Crippen molar-refractivity contribution in [3.05, 3.63) is 59.7 Å². The zero-order valence-electron chi connectivity index (χ0n) is 16.6. The van der Waals surface area contributed by atoms with Gasteiger partial charge in [-0.3, -0.25) is 0 Å². The summed E-state index contributed by atoms with van der Waals surface area (Å²) in [4.78, 5) is 23.0. The molecule has 0 aliphatic rings. The first-order chi connectivity index (χ1) is 14.7. The van der Waals surface area contributed by atoms with Crippen LogP contribution in [0.3, 0.4) is 0 Å². The summed E-state index contributed by atoms with van der Waals surface area (Å²) in [5.74, 6) is -0.910. The van der Waals surface area contributed by atoms with Crippen LogP contribution < -0.4 is 14.2 Å². The van der Waals surface area contributed by atoms with Crippen LogP contribution in [0.5, 0.6) is 17.2 Å². The molecule has 31 heavy (non-hydrogen) atoms. The first kappa shape index (κ1) is 23.8. The van der Waals surface area contributed by atoms with Gasteiger partial charge >= 0.3 is 18.1 Å². The van der Waals surface area contributed by atoms with Crippen LogP contribution in [-0.4, -0.2) is 36.9 Å². The van der Waals surface area contributed by atoms with Gasteiger partial charge in [0.25, 0.3) is 0 Å². The molecule has 0 atom stereocenters. The maximum atomic E-state index is 12.4. The molecule has 0 fully saturated rings. The van der Waals surface area contributed by atoms with Gasteiger partial charge in [0, 0.05) is 12.5 Å². The van der Waals surface area contributed by atoms with Gasteiger partial charge in [-0.15, -0.1) is 0 Å². The van der Waals surface area contributed by atoms with Crippen LogP contribution in [-0.2, 0) is 4.79 Å². The second-order valence-electron chi connectivity index (χ2n) is 6.42. The number of unbranched alkanes of at least 4 members (excludes halogenated alkanes) is 1. The summed E-state index contributed by atoms with van der Waals surface area (Å²) >= 11 is 0. The molecule has 0 aliphatic carbocycles. The first-order valence-electron chi connectivity index (χ1n) is 9.29. The fourth-order valence-corrected chi connectivity index (χ4v) is 2.50. The van der Waals surface area contributed by atoms with Crippen molar-refractivity contribution in [1.82, 2.24) is 0 Å². The van der Waals surface area contributed by atoms with Crippen LogP contribution in [0.15, 0.2) is 48.5 Å². The maximum Gasteiger partial charge on any atom is 0.389 e. The Bertz CT molecular complexity index is 920. The van der Waals surface area contributed by atoms with E-state index in [1.54, 1.807) is 6.07 Å². The van der Waals surface area contributed by atoms with E-state index in [-0.39, 0.29) is 36.5 Å². The number of hydrogen-bond donors (Lipinski definition) is 1. The van der Waals surface area contributed by atoms with Gasteiger partial charge in [0.05, 0.1) is 19.3 Å². The molecule has 2 aromatic carbocycles. The predicted molar refractivity (Wildman–Crippen MR) is 106 cm³/mol. The Hall–Kier alpha value is -3.49. The summed E-state index contributed by atoms with van der Waals surface area (Å²) in [6, 6.07) is 10.6. The average Bonchev–Trinajstić information content (AvgIpc) is 2.72. The molecule has 0 saturated carbocycles. The van der Waals surface area contributed by atoms with Crippen LogP contribution in [0.2, 0.25) is 0 Å². The van der Waals surface area contributed by atoms with Crippen molar-refractivity contribution in [1.29, 1.82) is 0 Å². The molecule has 166 valence electrons. The van der Waals surface area contributed by atoms with Crippen molar-refractivity contribution in [2.75, 3.05) is 13.7 Å². The number of hydrogen-bond acceptors (Lipinski definition) is 5. The highest BCUT2D eigenvalue weighted by Crippen LogP contribution is 2.29. The Kier molecular flexibility index (Phi) is 8.48. The van der Waals surface area contributed by atoms with Crippen molar-refractivity contribution in [3.63, 3.8) is 0 Å². The largest absolute Gasteiger partial charge is 0.494 e. The Balaban J connectivity index is 1.93. The molecule has 2 aromatic rings. The average molecular weight is 438 g/mol. The molecule has 0 aromatic heterocycles. The number of methoxy groups -OCH3 is 1. The van der Waals surface area contributed by atoms with Crippen molar-refractivity contribution in [2.24, 2.45) is 0 Å². The third-order valence-electron chi connectivity index (χ3n) is 4.02. The monoisotopic (exact) mass is 438 g/mol. The summed E-state index contributed by atoms with van der Waals surface area (Å²) in [5, 5.41) is 8.68. The van der Waals surface area contributed by atoms with Gasteiger partial charge in [-0.2, -0.15) is 13.2 Å². The van der Waals surface area contributed by atoms with Gasteiger partial charge in [-0.05, 0) is 60.9 Å². The fourth-order valence-electron chi connectivity index (χ4n) is 2.50. The number of carbonyl (C=O) groups excluding carboxylic acids is 1. The van der Waals surface area contributed by atoms with E-state index in [2.05, 4.69) is 0 Å². The number of carboxylic acids is 1. The molecular weight excluding hydrogens is 417 g/mol. The lowest BCUT2D eigenvalue weighted by atomic mass is 10.2. The second kappa shape index (κ2) is 11.1. The van der Waals surface area contributed by atoms with E-state index in [9.17, 15) is 22.8 Å². The zero-order chi connectivity index (χ0) is 22.9. The van der Waals surface area contributed by atoms with E-state index in [1.165, 1.54) is 49.6 Å². The summed E-state index contributed by atoms with van der Waals surface area (Å²) in [5.41, 5.74) is 0.789. The summed E-state index contributed by atoms with van der Waals surface area (Å²) < 4.78 is 52.2. The van der Waals surface area contributed by atoms with Gasteiger partial charge in [-0.1, -0.05) is 6.07 Å². The molecule has 9 heteroatoms. The van der Waals surface area contributed by atoms with Gasteiger partial charge in [-0.25, -0.2) is 9.59 Å². The van der Waals surface area contributed by atoms with Gasteiger partial charge in [0.1, 0.15) is 5.75 Å². The molecule has 0 aliphatic heterocycles. The van der Waals surface area contributed by atoms with Crippen molar-refractivity contribution >= 4 is 18.0 Å². The molecule has 2 rings (SSSR count). The van der Waals surface area contributed by atoms with Crippen LogP contribution in [0.1, 0.15) is 35.2 Å². The number of carbonyl (C=O) groups is 2. The second-order valence-corrected chi connectivity index (χ2v) is 6.42. The molecule has 0 spiro atoms. The van der Waals surface area contributed by atoms with Crippen LogP contribution in [0, 0.1) is 0 Å². The lowest BCUT2D eigenvalue weighted by Crippen LogP contribution is -2.09. The number of benzene rings is 2. The Morgan fingerprint density at radius 2 is 1.74 bits per heavy atom. The number of halogens is 3.